The first-order valence-electron chi connectivity index (χ1n) is 11.4. The molecule has 35 heavy (non-hydrogen) atoms. The molecule has 0 aliphatic carbocycles. The van der Waals surface area contributed by atoms with E-state index in [1.807, 2.05) is 62.6 Å². The average Bonchev–Trinajstić information content (AvgIpc) is 3.15. The van der Waals surface area contributed by atoms with E-state index in [2.05, 4.69) is 9.88 Å². The quantitative estimate of drug-likeness (QED) is 0.288. The van der Waals surface area contributed by atoms with Crippen LogP contribution in [-0.4, -0.2) is 52.4 Å². The molecule has 0 radical (unpaired) electrons. The maximum absolute atomic E-state index is 13.8. The summed E-state index contributed by atoms with van der Waals surface area (Å²) >= 11 is 0. The van der Waals surface area contributed by atoms with Gasteiger partial charge in [-0.05, 0) is 68.4 Å². The molecule has 0 aliphatic heterocycles. The number of hydrogen-bond donors (Lipinski definition) is 3. The highest BCUT2D eigenvalue weighted by molar-refractivity contribution is 6.21. The maximum atomic E-state index is 13.8. The van der Waals surface area contributed by atoms with E-state index in [4.69, 9.17) is 10.1 Å². The Morgan fingerprint density at radius 2 is 1.63 bits per heavy atom. The van der Waals surface area contributed by atoms with Crippen LogP contribution in [-0.2, 0) is 17.6 Å². The number of nitrogens with one attached hydrogen (secondary N) is 1. The number of H-pyrrole nitrogens is 1. The van der Waals surface area contributed by atoms with Crippen LogP contribution in [0.1, 0.15) is 28.7 Å². The van der Waals surface area contributed by atoms with E-state index >= 15 is 0 Å². The van der Waals surface area contributed by atoms with Gasteiger partial charge < -0.3 is 20.1 Å². The summed E-state index contributed by atoms with van der Waals surface area (Å²) in [6.07, 6.45) is 1.40. The number of aromatic amines is 1. The number of rotatable bonds is 9. The van der Waals surface area contributed by atoms with E-state index in [-0.39, 0.29) is 12.3 Å². The molecule has 6 nitrogen and oxygen atoms in total. The summed E-state index contributed by atoms with van der Waals surface area (Å²) in [5, 5.41) is 20.4. The molecule has 0 saturated heterocycles. The molecule has 4 aromatic rings. The number of carboxylic acids is 1. The summed E-state index contributed by atoms with van der Waals surface area (Å²) in [5.41, 5.74) is 5.06. The van der Waals surface area contributed by atoms with E-state index in [0.717, 1.165) is 29.8 Å². The lowest BCUT2D eigenvalue weighted by Crippen LogP contribution is -2.14. The van der Waals surface area contributed by atoms with Crippen molar-refractivity contribution in [3.05, 3.63) is 94.8 Å². The largest absolute Gasteiger partial charge is 0.494 e. The number of carbonyl (C=O) groups is 1. The highest BCUT2D eigenvalue weighted by Crippen LogP contribution is 2.32. The number of carboxylic acid groups (broad SMARTS) is 1. The topological polar surface area (TPSA) is 88.9 Å². The Labute approximate surface area is 203 Å². The van der Waals surface area contributed by atoms with Gasteiger partial charge in [-0.1, -0.05) is 36.4 Å². The fourth-order valence-corrected chi connectivity index (χ4v) is 3.96. The van der Waals surface area contributed by atoms with E-state index < -0.39 is 11.8 Å². The van der Waals surface area contributed by atoms with Gasteiger partial charge in [0, 0.05) is 23.9 Å². The molecule has 180 valence electrons. The van der Waals surface area contributed by atoms with Crippen LogP contribution >= 0.6 is 0 Å². The number of aromatic hydroxyl groups is 1. The van der Waals surface area contributed by atoms with Crippen LogP contribution < -0.4 is 0 Å². The number of aliphatic carboxylic acids is 1. The van der Waals surface area contributed by atoms with Crippen molar-refractivity contribution in [2.45, 2.75) is 19.3 Å². The molecule has 0 spiro atoms. The molecule has 4 rings (SSSR count). The van der Waals surface area contributed by atoms with Gasteiger partial charge in [-0.3, -0.25) is 4.79 Å². The van der Waals surface area contributed by atoms with Crippen molar-refractivity contribution in [3.8, 4) is 5.88 Å². The summed E-state index contributed by atoms with van der Waals surface area (Å²) in [6.45, 7) is 0.946. The fraction of sp³-hybridized carbons (Fsp3) is 0.214. The Balaban J connectivity index is 1.76. The summed E-state index contributed by atoms with van der Waals surface area (Å²) in [5.74, 6) is -1.34. The molecule has 0 atom stereocenters. The molecule has 1 aromatic heterocycles. The van der Waals surface area contributed by atoms with Crippen LogP contribution in [0.25, 0.3) is 10.9 Å². The lowest BCUT2D eigenvalue weighted by molar-refractivity contribution is -0.136. The highest BCUT2D eigenvalue weighted by Gasteiger charge is 2.19. The van der Waals surface area contributed by atoms with Gasteiger partial charge in [0.2, 0.25) is 0 Å². The molecule has 0 saturated carbocycles. The molecule has 3 aromatic carbocycles. The van der Waals surface area contributed by atoms with Crippen molar-refractivity contribution in [1.82, 2.24) is 9.88 Å². The molecule has 0 bridgehead atoms. The van der Waals surface area contributed by atoms with Crippen LogP contribution in [0.3, 0.4) is 0 Å². The van der Waals surface area contributed by atoms with Gasteiger partial charge in [-0.15, -0.1) is 0 Å². The first-order chi connectivity index (χ1) is 16.8. The summed E-state index contributed by atoms with van der Waals surface area (Å²) in [7, 11) is 4.08. The van der Waals surface area contributed by atoms with Crippen molar-refractivity contribution in [2.75, 3.05) is 20.6 Å². The number of hydrogen-bond acceptors (Lipinski definition) is 4. The standard InChI is InChI=1S/C28H28FN3O3/c1-32(2)16-15-19-5-11-22(12-6-19)30-27(20-8-3-18(4-9-20)7-14-25(33)34)26-23-13-10-21(29)17-24(23)31-28(26)35/h3-6,8-13,17,31,35H,7,14-16H2,1-2H3,(H,33,34). The zero-order valence-corrected chi connectivity index (χ0v) is 19.8. The van der Waals surface area contributed by atoms with Gasteiger partial charge in [0.15, 0.2) is 5.88 Å². The predicted molar refractivity (Wildman–Crippen MR) is 136 cm³/mol. The van der Waals surface area contributed by atoms with Gasteiger partial charge in [-0.25, -0.2) is 9.38 Å². The minimum Gasteiger partial charge on any atom is -0.494 e. The average molecular weight is 474 g/mol. The number of aromatic nitrogens is 1. The second-order valence-corrected chi connectivity index (χ2v) is 8.81. The SMILES string of the molecule is CN(C)CCc1ccc(N=C(c2ccc(CCC(=O)O)cc2)c2c(O)[nH]c3cc(F)ccc23)cc1. The minimum absolute atomic E-state index is 0.0509. The number of likely N-dealkylation sites (N-methyl/N-ethyl adjacent to an activating group) is 1. The number of nitrogens with zero attached hydrogens (tertiary/aromatic N) is 2. The molecule has 0 amide bonds. The Kier molecular flexibility index (Phi) is 7.27. The summed E-state index contributed by atoms with van der Waals surface area (Å²) < 4.78 is 13.8. The normalized spacial score (nSPS) is 11.9. The number of halogens is 1. The molecule has 0 unspecified atom stereocenters. The van der Waals surface area contributed by atoms with Crippen LogP contribution in [0.2, 0.25) is 0 Å². The van der Waals surface area contributed by atoms with Crippen molar-refractivity contribution in [1.29, 1.82) is 0 Å². The zero-order chi connectivity index (χ0) is 24.9. The third kappa shape index (κ3) is 5.94. The maximum Gasteiger partial charge on any atom is 0.303 e. The number of aliphatic imine (C=N–C) groups is 1. The van der Waals surface area contributed by atoms with E-state index in [1.165, 1.54) is 17.7 Å². The molecule has 7 heteroatoms. The Hall–Kier alpha value is -3.97. The third-order valence-electron chi connectivity index (χ3n) is 5.86. The Morgan fingerprint density at radius 1 is 0.971 bits per heavy atom. The lowest BCUT2D eigenvalue weighted by Gasteiger charge is -2.11. The van der Waals surface area contributed by atoms with Gasteiger partial charge in [0.25, 0.3) is 0 Å². The van der Waals surface area contributed by atoms with E-state index in [0.29, 0.717) is 28.6 Å². The third-order valence-corrected chi connectivity index (χ3v) is 5.86. The highest BCUT2D eigenvalue weighted by atomic mass is 19.1. The van der Waals surface area contributed by atoms with Crippen LogP contribution in [0.4, 0.5) is 10.1 Å². The zero-order valence-electron chi connectivity index (χ0n) is 19.8. The summed E-state index contributed by atoms with van der Waals surface area (Å²) in [6, 6.07) is 19.7. The van der Waals surface area contributed by atoms with Gasteiger partial charge in [0.1, 0.15) is 5.82 Å². The second kappa shape index (κ2) is 10.5. The molecular formula is C28H28FN3O3. The first-order valence-corrected chi connectivity index (χ1v) is 11.4. The van der Waals surface area contributed by atoms with Gasteiger partial charge in [0.05, 0.1) is 22.5 Å². The van der Waals surface area contributed by atoms with Crippen molar-refractivity contribution in [3.63, 3.8) is 0 Å². The molecule has 0 aliphatic rings. The molecular weight excluding hydrogens is 445 g/mol. The molecule has 1 heterocycles. The van der Waals surface area contributed by atoms with Gasteiger partial charge in [-0.2, -0.15) is 0 Å². The lowest BCUT2D eigenvalue weighted by atomic mass is 9.98. The van der Waals surface area contributed by atoms with Crippen molar-refractivity contribution >= 4 is 28.3 Å². The minimum atomic E-state index is -0.846. The van der Waals surface area contributed by atoms with Crippen LogP contribution in [0.15, 0.2) is 71.7 Å². The van der Waals surface area contributed by atoms with Gasteiger partial charge >= 0.3 is 5.97 Å². The van der Waals surface area contributed by atoms with Crippen molar-refractivity contribution in [2.24, 2.45) is 4.99 Å². The second-order valence-electron chi connectivity index (χ2n) is 8.81. The van der Waals surface area contributed by atoms with E-state index in [1.54, 1.807) is 6.07 Å². The number of aryl methyl sites for hydroxylation is 1. The molecule has 3 N–H and O–H groups in total. The number of benzene rings is 3. The van der Waals surface area contributed by atoms with Crippen molar-refractivity contribution < 1.29 is 19.4 Å². The van der Waals surface area contributed by atoms with Crippen LogP contribution in [0, 0.1) is 5.82 Å². The van der Waals surface area contributed by atoms with Crippen LogP contribution in [0.5, 0.6) is 5.88 Å². The number of fused-ring (bicyclic) bond motifs is 1. The fourth-order valence-electron chi connectivity index (χ4n) is 3.96. The Bertz CT molecular complexity index is 1360. The monoisotopic (exact) mass is 473 g/mol. The molecule has 0 fully saturated rings. The summed E-state index contributed by atoms with van der Waals surface area (Å²) in [4.78, 5) is 20.8. The smallest absolute Gasteiger partial charge is 0.303 e. The first kappa shape index (κ1) is 24.2. The van der Waals surface area contributed by atoms with E-state index in [9.17, 15) is 14.3 Å². The predicted octanol–water partition coefficient (Wildman–Crippen LogP) is 5.30. The Morgan fingerprint density at radius 3 is 2.29 bits per heavy atom.